The molecule has 164 valence electrons. The van der Waals surface area contributed by atoms with E-state index in [0.717, 1.165) is 11.1 Å². The van der Waals surface area contributed by atoms with Crippen LogP contribution in [0.4, 0.5) is 4.79 Å². The molecule has 3 aromatic rings. The van der Waals surface area contributed by atoms with E-state index in [1.165, 1.54) is 29.9 Å². The molecule has 0 aliphatic rings. The summed E-state index contributed by atoms with van der Waals surface area (Å²) < 4.78 is 11.1. The Morgan fingerprint density at radius 2 is 1.41 bits per heavy atom. The third-order valence-electron chi connectivity index (χ3n) is 4.84. The summed E-state index contributed by atoms with van der Waals surface area (Å²) in [7, 11) is 5.61. The lowest BCUT2D eigenvalue weighted by Gasteiger charge is -2.17. The van der Waals surface area contributed by atoms with Crippen LogP contribution in [0.25, 0.3) is 11.6 Å². The first-order chi connectivity index (χ1) is 15.4. The molecule has 7 nitrogen and oxygen atoms in total. The first kappa shape index (κ1) is 22.6. The SMILES string of the molecule is COC(=O)c1cn(C(=O)N(C)C)c(/C(=C/c2ccccc2)c2ccccc2)c1C(=O)OC. The second-order valence-electron chi connectivity index (χ2n) is 7.13. The molecular formula is C25H24N2O5. The topological polar surface area (TPSA) is 77.8 Å². The molecule has 0 bridgehead atoms. The molecule has 0 saturated carbocycles. The van der Waals surface area contributed by atoms with Crippen molar-refractivity contribution in [3.05, 3.63) is 94.8 Å². The van der Waals surface area contributed by atoms with Crippen molar-refractivity contribution in [3.63, 3.8) is 0 Å². The number of benzene rings is 2. The van der Waals surface area contributed by atoms with Gasteiger partial charge in [-0.05, 0) is 17.2 Å². The molecule has 1 aromatic heterocycles. The minimum Gasteiger partial charge on any atom is -0.465 e. The Hall–Kier alpha value is -4.13. The van der Waals surface area contributed by atoms with E-state index in [4.69, 9.17) is 9.47 Å². The number of carbonyl (C=O) groups excluding carboxylic acids is 3. The lowest BCUT2D eigenvalue weighted by molar-refractivity contribution is 0.0556. The Labute approximate surface area is 186 Å². The van der Waals surface area contributed by atoms with Crippen LogP contribution in [-0.4, -0.2) is 55.8 Å². The van der Waals surface area contributed by atoms with Gasteiger partial charge in [-0.2, -0.15) is 0 Å². The number of ether oxygens (including phenoxy) is 2. The summed E-state index contributed by atoms with van der Waals surface area (Å²) >= 11 is 0. The first-order valence-corrected chi connectivity index (χ1v) is 9.85. The molecule has 0 atom stereocenters. The molecule has 0 aliphatic heterocycles. The van der Waals surface area contributed by atoms with Gasteiger partial charge >= 0.3 is 18.0 Å². The molecular weight excluding hydrogens is 408 g/mol. The van der Waals surface area contributed by atoms with Gasteiger partial charge in [0.25, 0.3) is 0 Å². The van der Waals surface area contributed by atoms with Gasteiger partial charge in [0.05, 0.1) is 25.5 Å². The average molecular weight is 432 g/mol. The van der Waals surface area contributed by atoms with Crippen LogP contribution in [0.15, 0.2) is 66.9 Å². The van der Waals surface area contributed by atoms with E-state index in [2.05, 4.69) is 0 Å². The van der Waals surface area contributed by atoms with Crippen LogP contribution in [0.5, 0.6) is 0 Å². The number of amides is 1. The number of methoxy groups -OCH3 is 2. The number of esters is 2. The summed E-state index contributed by atoms with van der Waals surface area (Å²) in [5.74, 6) is -1.50. The molecule has 7 heteroatoms. The standard InChI is InChI=1S/C25H24N2O5/c1-26(2)25(30)27-16-20(23(28)31-3)21(24(29)32-4)22(27)19(18-13-9-6-10-14-18)15-17-11-7-5-8-12-17/h5-16H,1-4H3/b19-15+. The van der Waals surface area contributed by atoms with Crippen molar-refractivity contribution in [1.82, 2.24) is 9.47 Å². The second kappa shape index (κ2) is 9.78. The van der Waals surface area contributed by atoms with E-state index < -0.39 is 18.0 Å². The van der Waals surface area contributed by atoms with Crippen LogP contribution < -0.4 is 0 Å². The Balaban J connectivity index is 2.45. The minimum atomic E-state index is -0.749. The number of aromatic nitrogens is 1. The molecule has 0 N–H and O–H groups in total. The van der Waals surface area contributed by atoms with Crippen molar-refractivity contribution in [2.24, 2.45) is 0 Å². The molecule has 0 saturated heterocycles. The van der Waals surface area contributed by atoms with Crippen molar-refractivity contribution in [2.75, 3.05) is 28.3 Å². The van der Waals surface area contributed by atoms with Crippen molar-refractivity contribution < 1.29 is 23.9 Å². The Bertz CT molecular complexity index is 1160. The molecule has 0 unspecified atom stereocenters. The van der Waals surface area contributed by atoms with Gasteiger partial charge in [0.15, 0.2) is 0 Å². The number of rotatable bonds is 5. The molecule has 1 heterocycles. The van der Waals surface area contributed by atoms with E-state index >= 15 is 0 Å². The molecule has 0 spiro atoms. The van der Waals surface area contributed by atoms with Gasteiger partial charge in [-0.3, -0.25) is 4.57 Å². The highest BCUT2D eigenvalue weighted by Gasteiger charge is 2.32. The Morgan fingerprint density at radius 3 is 1.94 bits per heavy atom. The molecule has 0 fully saturated rings. The molecule has 0 aliphatic carbocycles. The number of nitrogens with zero attached hydrogens (tertiary/aromatic N) is 2. The van der Waals surface area contributed by atoms with Gasteiger partial charge < -0.3 is 14.4 Å². The van der Waals surface area contributed by atoms with Crippen molar-refractivity contribution >= 4 is 29.6 Å². The summed E-state index contributed by atoms with van der Waals surface area (Å²) in [4.78, 5) is 39.9. The molecule has 3 rings (SSSR count). The van der Waals surface area contributed by atoms with Crippen molar-refractivity contribution in [3.8, 4) is 0 Å². The van der Waals surface area contributed by atoms with Crippen LogP contribution in [0.3, 0.4) is 0 Å². The summed E-state index contributed by atoms with van der Waals surface area (Å²) in [5, 5.41) is 0. The van der Waals surface area contributed by atoms with Crippen LogP contribution in [0, 0.1) is 0 Å². The summed E-state index contributed by atoms with van der Waals surface area (Å²) in [6, 6.07) is 18.4. The summed E-state index contributed by atoms with van der Waals surface area (Å²) in [6.45, 7) is 0. The lowest BCUT2D eigenvalue weighted by atomic mass is 9.96. The van der Waals surface area contributed by atoms with E-state index in [1.807, 2.05) is 66.7 Å². The maximum absolute atomic E-state index is 13.1. The van der Waals surface area contributed by atoms with Crippen LogP contribution in [0.1, 0.15) is 37.5 Å². The van der Waals surface area contributed by atoms with Gasteiger partial charge in [-0.25, -0.2) is 14.4 Å². The van der Waals surface area contributed by atoms with E-state index in [9.17, 15) is 14.4 Å². The normalized spacial score (nSPS) is 11.1. The number of carbonyl (C=O) groups is 3. The summed E-state index contributed by atoms with van der Waals surface area (Å²) in [6.07, 6.45) is 3.18. The third-order valence-corrected chi connectivity index (χ3v) is 4.84. The highest BCUT2D eigenvalue weighted by Crippen LogP contribution is 2.33. The van der Waals surface area contributed by atoms with Crippen molar-refractivity contribution in [2.45, 2.75) is 0 Å². The fourth-order valence-electron chi connectivity index (χ4n) is 3.33. The second-order valence-corrected chi connectivity index (χ2v) is 7.13. The van der Waals surface area contributed by atoms with Gasteiger partial charge in [-0.1, -0.05) is 60.7 Å². The maximum Gasteiger partial charge on any atom is 0.340 e. The fraction of sp³-hybridized carbons (Fsp3) is 0.160. The lowest BCUT2D eigenvalue weighted by Crippen LogP contribution is -2.28. The van der Waals surface area contributed by atoms with E-state index in [1.54, 1.807) is 14.1 Å². The monoisotopic (exact) mass is 432 g/mol. The molecule has 1 amide bonds. The van der Waals surface area contributed by atoms with Gasteiger partial charge in [0.1, 0.15) is 5.56 Å². The predicted octanol–water partition coefficient (Wildman–Crippen LogP) is 4.18. The minimum absolute atomic E-state index is 0.0411. The van der Waals surface area contributed by atoms with Crippen LogP contribution in [-0.2, 0) is 9.47 Å². The smallest absolute Gasteiger partial charge is 0.340 e. The van der Waals surface area contributed by atoms with E-state index in [0.29, 0.717) is 5.57 Å². The number of hydrogen-bond donors (Lipinski definition) is 0. The van der Waals surface area contributed by atoms with Crippen LogP contribution >= 0.6 is 0 Å². The maximum atomic E-state index is 13.1. The highest BCUT2D eigenvalue weighted by molar-refractivity contribution is 6.10. The zero-order valence-corrected chi connectivity index (χ0v) is 18.4. The number of hydrogen-bond acceptors (Lipinski definition) is 5. The Morgan fingerprint density at radius 1 is 0.844 bits per heavy atom. The molecule has 2 aromatic carbocycles. The zero-order chi connectivity index (χ0) is 23.3. The average Bonchev–Trinajstić information content (AvgIpc) is 3.22. The predicted molar refractivity (Wildman–Crippen MR) is 121 cm³/mol. The quantitative estimate of drug-likeness (QED) is 0.447. The van der Waals surface area contributed by atoms with E-state index in [-0.39, 0.29) is 16.8 Å². The van der Waals surface area contributed by atoms with Gasteiger partial charge in [-0.15, -0.1) is 0 Å². The van der Waals surface area contributed by atoms with Crippen molar-refractivity contribution in [1.29, 1.82) is 0 Å². The fourth-order valence-corrected chi connectivity index (χ4v) is 3.33. The molecule has 0 radical (unpaired) electrons. The third kappa shape index (κ3) is 4.46. The molecule has 32 heavy (non-hydrogen) atoms. The zero-order valence-electron chi connectivity index (χ0n) is 18.4. The largest absolute Gasteiger partial charge is 0.465 e. The Kier molecular flexibility index (Phi) is 6.90. The van der Waals surface area contributed by atoms with Gasteiger partial charge in [0.2, 0.25) is 0 Å². The van der Waals surface area contributed by atoms with Crippen LogP contribution in [0.2, 0.25) is 0 Å². The summed E-state index contributed by atoms with van der Waals surface area (Å²) in [5.41, 5.74) is 2.32. The highest BCUT2D eigenvalue weighted by atomic mass is 16.5. The first-order valence-electron chi connectivity index (χ1n) is 9.85. The van der Waals surface area contributed by atoms with Gasteiger partial charge in [0, 0.05) is 25.9 Å².